The number of Topliss-reactive ketones (excluding diaryl/α,β-unsaturated/α-hetero) is 1. The molecule has 0 spiro atoms. The van der Waals surface area contributed by atoms with Crippen LogP contribution in [0.15, 0.2) is 40.1 Å². The van der Waals surface area contributed by atoms with E-state index in [0.29, 0.717) is 39.8 Å². The Bertz CT molecular complexity index is 1350. The second kappa shape index (κ2) is 8.04. The minimum atomic E-state index is -4.43. The SMILES string of the molecule is C[C@@H](CC(=O)c1ncnc2c1CNC(=O)N2)c1cc(C2=Nc3ccc(C(F)(F)F)cc3C2)no1. The summed E-state index contributed by atoms with van der Waals surface area (Å²) in [7, 11) is 0. The summed E-state index contributed by atoms with van der Waals surface area (Å²) in [5.74, 6) is 0.121. The predicted octanol–water partition coefficient (Wildman–Crippen LogP) is 4.17. The summed E-state index contributed by atoms with van der Waals surface area (Å²) < 4.78 is 44.4. The molecular formula is C22H17F3N6O3. The van der Waals surface area contributed by atoms with Gasteiger partial charge in [-0.25, -0.2) is 14.8 Å². The number of hydrogen-bond acceptors (Lipinski definition) is 7. The van der Waals surface area contributed by atoms with Crippen molar-refractivity contribution in [3.05, 3.63) is 64.4 Å². The highest BCUT2D eigenvalue weighted by atomic mass is 19.4. The number of aliphatic imine (C=N–C) groups is 1. The van der Waals surface area contributed by atoms with E-state index in [0.717, 1.165) is 12.1 Å². The van der Waals surface area contributed by atoms with Crippen LogP contribution in [0.4, 0.5) is 29.5 Å². The van der Waals surface area contributed by atoms with Gasteiger partial charge in [-0.3, -0.25) is 15.1 Å². The van der Waals surface area contributed by atoms with Crippen LogP contribution in [0.5, 0.6) is 0 Å². The molecule has 0 saturated heterocycles. The predicted molar refractivity (Wildman–Crippen MR) is 113 cm³/mol. The summed E-state index contributed by atoms with van der Waals surface area (Å²) >= 11 is 0. The quantitative estimate of drug-likeness (QED) is 0.540. The minimum Gasteiger partial charge on any atom is -0.360 e. The topological polar surface area (TPSA) is 122 Å². The molecule has 0 aliphatic carbocycles. The monoisotopic (exact) mass is 470 g/mol. The van der Waals surface area contributed by atoms with Crippen molar-refractivity contribution >= 4 is 29.0 Å². The molecule has 9 nitrogen and oxygen atoms in total. The number of fused-ring (bicyclic) bond motifs is 2. The van der Waals surface area contributed by atoms with Gasteiger partial charge in [0.15, 0.2) is 5.78 Å². The molecule has 1 atom stereocenters. The highest BCUT2D eigenvalue weighted by molar-refractivity contribution is 6.05. The molecule has 0 radical (unpaired) electrons. The fourth-order valence-corrected chi connectivity index (χ4v) is 3.91. The highest BCUT2D eigenvalue weighted by Gasteiger charge is 2.32. The Morgan fingerprint density at radius 1 is 1.24 bits per heavy atom. The first-order chi connectivity index (χ1) is 16.2. The lowest BCUT2D eigenvalue weighted by Crippen LogP contribution is -2.35. The van der Waals surface area contributed by atoms with E-state index in [1.54, 1.807) is 13.0 Å². The Morgan fingerprint density at radius 3 is 2.85 bits per heavy atom. The summed E-state index contributed by atoms with van der Waals surface area (Å²) in [4.78, 5) is 36.8. The molecule has 5 rings (SSSR count). The number of amides is 2. The average Bonchev–Trinajstić information content (AvgIpc) is 3.44. The summed E-state index contributed by atoms with van der Waals surface area (Å²) in [6.07, 6.45) is -2.95. The number of carbonyl (C=O) groups is 2. The lowest BCUT2D eigenvalue weighted by atomic mass is 9.97. The van der Waals surface area contributed by atoms with Gasteiger partial charge in [-0.2, -0.15) is 13.2 Å². The molecule has 0 saturated carbocycles. The van der Waals surface area contributed by atoms with Crippen LogP contribution in [0, 0.1) is 0 Å². The number of aromatic nitrogens is 3. The molecule has 2 aliphatic heterocycles. The van der Waals surface area contributed by atoms with Crippen LogP contribution in [-0.4, -0.2) is 32.7 Å². The smallest absolute Gasteiger partial charge is 0.360 e. The van der Waals surface area contributed by atoms with E-state index < -0.39 is 17.8 Å². The molecule has 2 aliphatic rings. The number of nitrogens with zero attached hydrogens (tertiary/aromatic N) is 4. The van der Waals surface area contributed by atoms with Crippen molar-refractivity contribution in [3.63, 3.8) is 0 Å². The highest BCUT2D eigenvalue weighted by Crippen LogP contribution is 2.36. The third-order valence-corrected chi connectivity index (χ3v) is 5.69. The number of nitrogens with one attached hydrogen (secondary N) is 2. The third kappa shape index (κ3) is 4.02. The van der Waals surface area contributed by atoms with E-state index >= 15 is 0 Å². The van der Waals surface area contributed by atoms with Gasteiger partial charge in [-0.05, 0) is 23.8 Å². The zero-order valence-corrected chi connectivity index (χ0v) is 17.7. The largest absolute Gasteiger partial charge is 0.416 e. The first kappa shape index (κ1) is 21.7. The van der Waals surface area contributed by atoms with Crippen molar-refractivity contribution in [3.8, 4) is 0 Å². The van der Waals surface area contributed by atoms with Crippen molar-refractivity contribution in [1.29, 1.82) is 0 Å². The normalized spacial score (nSPS) is 15.6. The molecule has 1 aromatic carbocycles. The minimum absolute atomic E-state index is 0.0632. The van der Waals surface area contributed by atoms with Crippen molar-refractivity contribution < 1.29 is 27.3 Å². The lowest BCUT2D eigenvalue weighted by molar-refractivity contribution is -0.137. The van der Waals surface area contributed by atoms with Crippen LogP contribution in [0.2, 0.25) is 0 Å². The summed E-state index contributed by atoms with van der Waals surface area (Å²) in [5, 5.41) is 9.13. The molecule has 3 aromatic rings. The van der Waals surface area contributed by atoms with Gasteiger partial charge < -0.3 is 9.84 Å². The van der Waals surface area contributed by atoms with Gasteiger partial charge in [-0.15, -0.1) is 0 Å². The van der Waals surface area contributed by atoms with Gasteiger partial charge in [-0.1, -0.05) is 12.1 Å². The number of halogens is 3. The molecule has 2 N–H and O–H groups in total. The zero-order chi connectivity index (χ0) is 24.0. The van der Waals surface area contributed by atoms with Crippen LogP contribution in [0.3, 0.4) is 0 Å². The number of rotatable bonds is 5. The van der Waals surface area contributed by atoms with Crippen LogP contribution in [0.1, 0.15) is 57.9 Å². The lowest BCUT2D eigenvalue weighted by Gasteiger charge is -2.19. The van der Waals surface area contributed by atoms with E-state index in [1.807, 2.05) is 0 Å². The van der Waals surface area contributed by atoms with Gasteiger partial charge in [0.2, 0.25) is 0 Å². The second-order valence-electron chi connectivity index (χ2n) is 8.08. The second-order valence-corrected chi connectivity index (χ2v) is 8.08. The van der Waals surface area contributed by atoms with E-state index in [4.69, 9.17) is 4.52 Å². The Balaban J connectivity index is 1.30. The average molecular weight is 470 g/mol. The fourth-order valence-electron chi connectivity index (χ4n) is 3.91. The van der Waals surface area contributed by atoms with Gasteiger partial charge in [0.25, 0.3) is 0 Å². The summed E-state index contributed by atoms with van der Waals surface area (Å²) in [5.41, 5.74) is 1.82. The summed E-state index contributed by atoms with van der Waals surface area (Å²) in [6.45, 7) is 1.93. The van der Waals surface area contributed by atoms with Crippen LogP contribution in [0.25, 0.3) is 0 Å². The van der Waals surface area contributed by atoms with Crippen molar-refractivity contribution in [1.82, 2.24) is 20.4 Å². The molecule has 34 heavy (non-hydrogen) atoms. The fraction of sp³-hybridized carbons (Fsp3) is 0.273. The maximum Gasteiger partial charge on any atom is 0.416 e. The number of alkyl halides is 3. The molecule has 174 valence electrons. The van der Waals surface area contributed by atoms with E-state index in [2.05, 4.69) is 30.8 Å². The van der Waals surface area contributed by atoms with Gasteiger partial charge in [0.1, 0.15) is 29.3 Å². The van der Waals surface area contributed by atoms with Crippen LogP contribution in [-0.2, 0) is 19.1 Å². The Morgan fingerprint density at radius 2 is 2.06 bits per heavy atom. The number of urea groups is 1. The number of benzene rings is 1. The molecule has 2 amide bonds. The first-order valence-electron chi connectivity index (χ1n) is 10.4. The van der Waals surface area contributed by atoms with Crippen molar-refractivity contribution in [2.45, 2.75) is 38.4 Å². The van der Waals surface area contributed by atoms with E-state index in [1.165, 1.54) is 12.4 Å². The number of anilines is 1. The van der Waals surface area contributed by atoms with E-state index in [-0.39, 0.29) is 36.8 Å². The number of carbonyl (C=O) groups excluding carboxylic acids is 2. The molecule has 2 aromatic heterocycles. The van der Waals surface area contributed by atoms with Crippen molar-refractivity contribution in [2.75, 3.05) is 5.32 Å². The third-order valence-electron chi connectivity index (χ3n) is 5.69. The Hall–Kier alpha value is -4.09. The Kier molecular flexibility index (Phi) is 5.14. The number of hydrogen-bond donors (Lipinski definition) is 2. The van der Waals surface area contributed by atoms with Crippen molar-refractivity contribution in [2.24, 2.45) is 4.99 Å². The Labute approximate surface area is 190 Å². The molecule has 12 heteroatoms. The molecule has 0 unspecified atom stereocenters. The summed E-state index contributed by atoms with van der Waals surface area (Å²) in [6, 6.07) is 4.67. The molecule has 0 bridgehead atoms. The van der Waals surface area contributed by atoms with Gasteiger partial charge >= 0.3 is 12.2 Å². The van der Waals surface area contributed by atoms with Gasteiger partial charge in [0, 0.05) is 30.4 Å². The number of ketones is 1. The van der Waals surface area contributed by atoms with E-state index in [9.17, 15) is 22.8 Å². The van der Waals surface area contributed by atoms with Crippen LogP contribution < -0.4 is 10.6 Å². The molecular weight excluding hydrogens is 453 g/mol. The standard InChI is InChI=1S/C22H17F3N6O3/c1-10(4-17(32)19-13-8-26-21(33)30-20(13)28-9-27-19)18-7-16(31-34-18)15-6-11-5-12(22(23,24)25)2-3-14(11)29-15/h2-3,5,7,9-10H,4,6,8H2,1H3,(H2,26,27,28,30,33)/t10-/m0/s1. The molecule has 4 heterocycles. The zero-order valence-electron chi connectivity index (χ0n) is 17.7. The van der Waals surface area contributed by atoms with Gasteiger partial charge in [0.05, 0.1) is 23.5 Å². The van der Waals surface area contributed by atoms with Crippen LogP contribution >= 0.6 is 0 Å². The first-order valence-corrected chi connectivity index (χ1v) is 10.4. The maximum absolute atomic E-state index is 13.0. The molecule has 0 fully saturated rings. The maximum atomic E-state index is 13.0.